The zero-order chi connectivity index (χ0) is 13.8. The lowest BCUT2D eigenvalue weighted by molar-refractivity contribution is -0.384. The molecule has 0 aliphatic rings. The van der Waals surface area contributed by atoms with Gasteiger partial charge in [0.25, 0.3) is 5.69 Å². The number of nitrogens with one attached hydrogen (secondary N) is 1. The van der Waals surface area contributed by atoms with E-state index in [1.807, 2.05) is 0 Å². The third-order valence-electron chi connectivity index (χ3n) is 2.61. The summed E-state index contributed by atoms with van der Waals surface area (Å²) in [6.45, 7) is 7.94. The summed E-state index contributed by atoms with van der Waals surface area (Å²) in [7, 11) is 0. The van der Waals surface area contributed by atoms with Crippen LogP contribution >= 0.6 is 11.6 Å². The highest BCUT2D eigenvalue weighted by molar-refractivity contribution is 6.31. The minimum atomic E-state index is -0.408. The normalized spacial score (nSPS) is 11.6. The lowest BCUT2D eigenvalue weighted by Gasteiger charge is -2.18. The van der Waals surface area contributed by atoms with Crippen LogP contribution in [0.5, 0.6) is 0 Å². The number of non-ortho nitro benzene ring substituents is 1. The molecule has 100 valence electrons. The van der Waals surface area contributed by atoms with E-state index in [4.69, 9.17) is 11.6 Å². The smallest absolute Gasteiger partial charge is 0.269 e. The Bertz CT molecular complexity index is 427. The summed E-state index contributed by atoms with van der Waals surface area (Å²) in [5.74, 6) is 0. The molecule has 0 fully saturated rings. The van der Waals surface area contributed by atoms with Crippen molar-refractivity contribution >= 4 is 17.3 Å². The molecular formula is C13H19ClN2O2. The summed E-state index contributed by atoms with van der Waals surface area (Å²) in [6.07, 6.45) is 1.04. The molecule has 0 aliphatic carbocycles. The summed E-state index contributed by atoms with van der Waals surface area (Å²) in [6, 6.07) is 4.51. The van der Waals surface area contributed by atoms with Crippen molar-refractivity contribution < 1.29 is 4.92 Å². The van der Waals surface area contributed by atoms with E-state index in [9.17, 15) is 10.1 Å². The van der Waals surface area contributed by atoms with Crippen LogP contribution in [0.2, 0.25) is 5.02 Å². The van der Waals surface area contributed by atoms with Crippen LogP contribution in [0.3, 0.4) is 0 Å². The third kappa shape index (κ3) is 5.02. The van der Waals surface area contributed by atoms with Crippen LogP contribution in [0, 0.1) is 15.5 Å². The van der Waals surface area contributed by atoms with Crippen molar-refractivity contribution in [2.24, 2.45) is 5.41 Å². The van der Waals surface area contributed by atoms with Gasteiger partial charge in [-0.2, -0.15) is 0 Å². The fourth-order valence-corrected chi connectivity index (χ4v) is 1.68. The average molecular weight is 271 g/mol. The van der Waals surface area contributed by atoms with Crippen molar-refractivity contribution in [3.05, 3.63) is 38.9 Å². The Kier molecular flexibility index (Phi) is 5.11. The molecule has 5 heteroatoms. The Labute approximate surface area is 112 Å². The number of nitro groups is 1. The molecule has 0 amide bonds. The Balaban J connectivity index is 2.56. The molecule has 1 aromatic carbocycles. The summed E-state index contributed by atoms with van der Waals surface area (Å²) in [5, 5.41) is 14.5. The maximum Gasteiger partial charge on any atom is 0.269 e. The van der Waals surface area contributed by atoms with Gasteiger partial charge in [-0.3, -0.25) is 10.1 Å². The maximum absolute atomic E-state index is 10.7. The molecule has 0 aliphatic heterocycles. The Morgan fingerprint density at radius 1 is 1.39 bits per heavy atom. The maximum atomic E-state index is 10.7. The molecule has 0 saturated heterocycles. The quantitative estimate of drug-likeness (QED) is 0.503. The average Bonchev–Trinajstić information content (AvgIpc) is 2.24. The fraction of sp³-hybridized carbons (Fsp3) is 0.538. The molecule has 1 rings (SSSR count). The number of hydrogen-bond donors (Lipinski definition) is 1. The number of nitrogens with zero attached hydrogens (tertiary/aromatic N) is 1. The van der Waals surface area contributed by atoms with Crippen LogP contribution in [0.15, 0.2) is 18.2 Å². The highest BCUT2D eigenvalue weighted by Gasteiger charge is 2.11. The molecular weight excluding hydrogens is 252 g/mol. The van der Waals surface area contributed by atoms with E-state index in [0.29, 0.717) is 11.6 Å². The highest BCUT2D eigenvalue weighted by Crippen LogP contribution is 2.22. The van der Waals surface area contributed by atoms with E-state index in [0.717, 1.165) is 18.5 Å². The van der Waals surface area contributed by atoms with Gasteiger partial charge < -0.3 is 5.32 Å². The van der Waals surface area contributed by atoms with Crippen LogP contribution in [0.25, 0.3) is 0 Å². The van der Waals surface area contributed by atoms with Gasteiger partial charge in [-0.15, -0.1) is 0 Å². The minimum absolute atomic E-state index is 0.0759. The Hall–Kier alpha value is -1.13. The van der Waals surface area contributed by atoms with Crippen molar-refractivity contribution in [3.63, 3.8) is 0 Å². The molecule has 0 heterocycles. The molecule has 0 radical (unpaired) electrons. The molecule has 4 nitrogen and oxygen atoms in total. The van der Waals surface area contributed by atoms with Crippen LogP contribution in [-0.2, 0) is 6.54 Å². The first kappa shape index (κ1) is 14.9. The topological polar surface area (TPSA) is 55.2 Å². The fourth-order valence-electron chi connectivity index (χ4n) is 1.50. The molecule has 0 spiro atoms. The van der Waals surface area contributed by atoms with Crippen LogP contribution in [0.4, 0.5) is 5.69 Å². The van der Waals surface area contributed by atoms with Gasteiger partial charge in [0.1, 0.15) is 0 Å². The van der Waals surface area contributed by atoms with Gasteiger partial charge in [0.05, 0.1) is 4.92 Å². The second-order valence-corrected chi connectivity index (χ2v) is 5.93. The molecule has 18 heavy (non-hydrogen) atoms. The molecule has 1 N–H and O–H groups in total. The summed E-state index contributed by atoms with van der Waals surface area (Å²) in [4.78, 5) is 10.3. The second kappa shape index (κ2) is 6.16. The number of rotatable bonds is 5. The highest BCUT2D eigenvalue weighted by atomic mass is 35.5. The van der Waals surface area contributed by atoms with Crippen molar-refractivity contribution in [3.8, 4) is 0 Å². The predicted octanol–water partition coefficient (Wildman–Crippen LogP) is 3.77. The number of hydrogen-bond acceptors (Lipinski definition) is 3. The summed E-state index contributed by atoms with van der Waals surface area (Å²) in [5.41, 5.74) is 1.12. The van der Waals surface area contributed by atoms with Crippen molar-refractivity contribution in [1.29, 1.82) is 0 Å². The van der Waals surface area contributed by atoms with Crippen molar-refractivity contribution in [2.45, 2.75) is 33.7 Å². The summed E-state index contributed by atoms with van der Waals surface area (Å²) < 4.78 is 0. The molecule has 0 atom stereocenters. The molecule has 0 unspecified atom stereocenters. The van der Waals surface area contributed by atoms with E-state index in [2.05, 4.69) is 26.1 Å². The number of benzene rings is 1. The van der Waals surface area contributed by atoms with E-state index in [1.54, 1.807) is 6.07 Å². The lowest BCUT2D eigenvalue weighted by Crippen LogP contribution is -2.20. The predicted molar refractivity (Wildman–Crippen MR) is 73.9 cm³/mol. The van der Waals surface area contributed by atoms with Crippen LogP contribution in [0.1, 0.15) is 32.8 Å². The first-order valence-electron chi connectivity index (χ1n) is 5.93. The molecule has 0 aromatic heterocycles. The largest absolute Gasteiger partial charge is 0.313 e. The van der Waals surface area contributed by atoms with Gasteiger partial charge in [0, 0.05) is 23.7 Å². The van der Waals surface area contributed by atoms with Gasteiger partial charge in [-0.1, -0.05) is 32.4 Å². The van der Waals surface area contributed by atoms with E-state index >= 15 is 0 Å². The standard InChI is InChI=1S/C13H19ClN2O2/c1-13(2,3)6-7-15-9-10-8-11(16(17)18)4-5-12(10)14/h4-5,8,15H,6-7,9H2,1-3H3. The Morgan fingerprint density at radius 3 is 2.61 bits per heavy atom. The van der Waals surface area contributed by atoms with E-state index in [-0.39, 0.29) is 11.1 Å². The lowest BCUT2D eigenvalue weighted by atomic mass is 9.92. The monoisotopic (exact) mass is 270 g/mol. The number of nitro benzene ring substituents is 1. The van der Waals surface area contributed by atoms with Gasteiger partial charge in [0.2, 0.25) is 0 Å². The van der Waals surface area contributed by atoms with E-state index in [1.165, 1.54) is 12.1 Å². The van der Waals surface area contributed by atoms with Crippen molar-refractivity contribution in [1.82, 2.24) is 5.32 Å². The van der Waals surface area contributed by atoms with Gasteiger partial charge in [-0.25, -0.2) is 0 Å². The van der Waals surface area contributed by atoms with Gasteiger partial charge in [0.15, 0.2) is 0 Å². The third-order valence-corrected chi connectivity index (χ3v) is 2.98. The van der Waals surface area contributed by atoms with Crippen LogP contribution in [-0.4, -0.2) is 11.5 Å². The zero-order valence-corrected chi connectivity index (χ0v) is 11.8. The summed E-state index contributed by atoms with van der Waals surface area (Å²) >= 11 is 6.01. The molecule has 0 saturated carbocycles. The molecule has 1 aromatic rings. The second-order valence-electron chi connectivity index (χ2n) is 5.52. The zero-order valence-electron chi connectivity index (χ0n) is 11.0. The number of halogens is 1. The SMILES string of the molecule is CC(C)(C)CCNCc1cc([N+](=O)[O-])ccc1Cl. The van der Waals surface area contributed by atoms with Gasteiger partial charge in [-0.05, 0) is 30.0 Å². The van der Waals surface area contributed by atoms with Crippen molar-refractivity contribution in [2.75, 3.05) is 6.54 Å². The van der Waals surface area contributed by atoms with Gasteiger partial charge >= 0.3 is 0 Å². The Morgan fingerprint density at radius 2 is 2.06 bits per heavy atom. The minimum Gasteiger partial charge on any atom is -0.313 e. The molecule has 0 bridgehead atoms. The first-order chi connectivity index (χ1) is 8.29. The first-order valence-corrected chi connectivity index (χ1v) is 6.31. The van der Waals surface area contributed by atoms with Crippen LogP contribution < -0.4 is 5.32 Å². The van der Waals surface area contributed by atoms with E-state index < -0.39 is 4.92 Å².